The van der Waals surface area contributed by atoms with Crippen LogP contribution in [0.1, 0.15) is 28.8 Å². The van der Waals surface area contributed by atoms with Crippen LogP contribution >= 0.6 is 0 Å². The second kappa shape index (κ2) is 8.47. The molecule has 1 fully saturated rings. The van der Waals surface area contributed by atoms with Gasteiger partial charge in [0, 0.05) is 25.3 Å². The fourth-order valence-electron chi connectivity index (χ4n) is 3.08. The summed E-state index contributed by atoms with van der Waals surface area (Å²) in [5.74, 6) is -1.52. The zero-order chi connectivity index (χ0) is 18.4. The van der Waals surface area contributed by atoms with Gasteiger partial charge in [0.2, 0.25) is 5.91 Å². The van der Waals surface area contributed by atoms with Crippen LogP contribution in [0.3, 0.4) is 0 Å². The molecule has 0 aromatic heterocycles. The number of hydrogen-bond donors (Lipinski definition) is 2. The standard InChI is InChI=1S/C20H22FN3O2/c21-17-9-3-2-8-16(17)20(26)23-14-19(25)22-13-15-7-1-4-10-18(15)24-11-5-6-12-24/h1-4,7-10H,5-6,11-14H2,(H,22,25)(H,23,26). The molecule has 3 rings (SSSR count). The van der Waals surface area contributed by atoms with E-state index in [0.29, 0.717) is 6.54 Å². The Bertz CT molecular complexity index is 788. The van der Waals surface area contributed by atoms with Crippen molar-refractivity contribution in [3.8, 4) is 0 Å². The van der Waals surface area contributed by atoms with Gasteiger partial charge in [-0.2, -0.15) is 0 Å². The first-order valence-electron chi connectivity index (χ1n) is 8.77. The number of para-hydroxylation sites is 1. The summed E-state index contributed by atoms with van der Waals surface area (Å²) in [4.78, 5) is 26.3. The van der Waals surface area contributed by atoms with E-state index in [-0.39, 0.29) is 18.0 Å². The van der Waals surface area contributed by atoms with E-state index in [2.05, 4.69) is 21.6 Å². The normalized spacial score (nSPS) is 13.5. The molecule has 0 bridgehead atoms. The van der Waals surface area contributed by atoms with E-state index < -0.39 is 11.7 Å². The van der Waals surface area contributed by atoms with Crippen molar-refractivity contribution in [3.63, 3.8) is 0 Å². The number of carbonyl (C=O) groups excluding carboxylic acids is 2. The van der Waals surface area contributed by atoms with E-state index in [1.165, 1.54) is 31.0 Å². The highest BCUT2D eigenvalue weighted by atomic mass is 19.1. The van der Waals surface area contributed by atoms with Gasteiger partial charge in [0.25, 0.3) is 5.91 Å². The predicted octanol–water partition coefficient (Wildman–Crippen LogP) is 2.47. The fraction of sp³-hybridized carbons (Fsp3) is 0.300. The van der Waals surface area contributed by atoms with E-state index in [1.807, 2.05) is 18.2 Å². The lowest BCUT2D eigenvalue weighted by Gasteiger charge is -2.21. The molecule has 1 aliphatic heterocycles. The Kier molecular flexibility index (Phi) is 5.84. The van der Waals surface area contributed by atoms with E-state index in [4.69, 9.17) is 0 Å². The van der Waals surface area contributed by atoms with Gasteiger partial charge in [0.05, 0.1) is 12.1 Å². The Morgan fingerprint density at radius 1 is 0.962 bits per heavy atom. The van der Waals surface area contributed by atoms with E-state index in [1.54, 1.807) is 6.07 Å². The van der Waals surface area contributed by atoms with Crippen LogP contribution < -0.4 is 15.5 Å². The summed E-state index contributed by atoms with van der Waals surface area (Å²) in [7, 11) is 0. The molecule has 2 N–H and O–H groups in total. The van der Waals surface area contributed by atoms with Crippen molar-refractivity contribution in [1.29, 1.82) is 0 Å². The van der Waals surface area contributed by atoms with Gasteiger partial charge in [-0.25, -0.2) is 4.39 Å². The van der Waals surface area contributed by atoms with E-state index in [9.17, 15) is 14.0 Å². The lowest BCUT2D eigenvalue weighted by Crippen LogP contribution is -2.37. The fourth-order valence-corrected chi connectivity index (χ4v) is 3.08. The molecule has 0 atom stereocenters. The first-order chi connectivity index (χ1) is 12.6. The van der Waals surface area contributed by atoms with Gasteiger partial charge < -0.3 is 15.5 Å². The zero-order valence-electron chi connectivity index (χ0n) is 14.5. The van der Waals surface area contributed by atoms with Crippen molar-refractivity contribution >= 4 is 17.5 Å². The van der Waals surface area contributed by atoms with Crippen molar-refractivity contribution in [2.24, 2.45) is 0 Å². The van der Waals surface area contributed by atoms with Gasteiger partial charge in [-0.1, -0.05) is 30.3 Å². The molecule has 1 aliphatic rings. The average Bonchev–Trinajstić information content (AvgIpc) is 3.19. The Morgan fingerprint density at radius 3 is 2.42 bits per heavy atom. The largest absolute Gasteiger partial charge is 0.371 e. The van der Waals surface area contributed by atoms with Crippen molar-refractivity contribution < 1.29 is 14.0 Å². The van der Waals surface area contributed by atoms with Crippen molar-refractivity contribution in [2.75, 3.05) is 24.5 Å². The number of rotatable bonds is 6. The number of hydrogen-bond acceptors (Lipinski definition) is 3. The number of carbonyl (C=O) groups is 2. The summed E-state index contributed by atoms with van der Waals surface area (Å²) in [6.45, 7) is 2.26. The van der Waals surface area contributed by atoms with Crippen LogP contribution in [-0.2, 0) is 11.3 Å². The maximum absolute atomic E-state index is 13.6. The lowest BCUT2D eigenvalue weighted by molar-refractivity contribution is -0.120. The third-order valence-corrected chi connectivity index (χ3v) is 4.44. The molecular formula is C20H22FN3O2. The van der Waals surface area contributed by atoms with Gasteiger partial charge in [-0.3, -0.25) is 9.59 Å². The highest BCUT2D eigenvalue weighted by Gasteiger charge is 2.16. The quantitative estimate of drug-likeness (QED) is 0.837. The molecule has 0 spiro atoms. The summed E-state index contributed by atoms with van der Waals surface area (Å²) in [5.41, 5.74) is 2.11. The molecule has 2 aromatic rings. The minimum Gasteiger partial charge on any atom is -0.371 e. The molecule has 6 heteroatoms. The van der Waals surface area contributed by atoms with E-state index >= 15 is 0 Å². The molecule has 136 valence electrons. The van der Waals surface area contributed by atoms with Crippen LogP contribution in [0.2, 0.25) is 0 Å². The molecular weight excluding hydrogens is 333 g/mol. The van der Waals surface area contributed by atoms with Crippen molar-refractivity contribution in [1.82, 2.24) is 10.6 Å². The molecule has 0 aliphatic carbocycles. The summed E-state index contributed by atoms with van der Waals surface area (Å²) in [6, 6.07) is 13.7. The van der Waals surface area contributed by atoms with Crippen LogP contribution in [0.4, 0.5) is 10.1 Å². The third-order valence-electron chi connectivity index (χ3n) is 4.44. The van der Waals surface area contributed by atoms with E-state index in [0.717, 1.165) is 24.3 Å². The highest BCUT2D eigenvalue weighted by molar-refractivity contribution is 5.96. The molecule has 1 heterocycles. The Morgan fingerprint density at radius 2 is 1.65 bits per heavy atom. The second-order valence-electron chi connectivity index (χ2n) is 6.26. The number of anilines is 1. The number of halogens is 1. The zero-order valence-corrected chi connectivity index (χ0v) is 14.5. The van der Waals surface area contributed by atoms with Crippen LogP contribution in [0, 0.1) is 5.82 Å². The van der Waals surface area contributed by atoms with Crippen molar-refractivity contribution in [2.45, 2.75) is 19.4 Å². The monoisotopic (exact) mass is 355 g/mol. The lowest BCUT2D eigenvalue weighted by atomic mass is 10.1. The van der Waals surface area contributed by atoms with Gasteiger partial charge in [0.1, 0.15) is 5.82 Å². The first kappa shape index (κ1) is 17.9. The molecule has 2 amide bonds. The molecule has 0 saturated carbocycles. The summed E-state index contributed by atoms with van der Waals surface area (Å²) >= 11 is 0. The molecule has 26 heavy (non-hydrogen) atoms. The number of nitrogens with zero attached hydrogens (tertiary/aromatic N) is 1. The molecule has 0 radical (unpaired) electrons. The Labute approximate surface area is 152 Å². The third kappa shape index (κ3) is 4.39. The summed E-state index contributed by atoms with van der Waals surface area (Å²) in [5, 5.41) is 5.25. The number of benzene rings is 2. The molecule has 0 unspecified atom stereocenters. The summed E-state index contributed by atoms with van der Waals surface area (Å²) < 4.78 is 13.6. The van der Waals surface area contributed by atoms with Gasteiger partial charge in [0.15, 0.2) is 0 Å². The van der Waals surface area contributed by atoms with Gasteiger partial charge >= 0.3 is 0 Å². The predicted molar refractivity (Wildman–Crippen MR) is 98.5 cm³/mol. The minimum atomic E-state index is -0.607. The molecule has 2 aromatic carbocycles. The van der Waals surface area contributed by atoms with Crippen LogP contribution in [0.25, 0.3) is 0 Å². The Hall–Kier alpha value is -2.89. The smallest absolute Gasteiger partial charge is 0.254 e. The average molecular weight is 355 g/mol. The SMILES string of the molecule is O=C(CNC(=O)c1ccccc1F)NCc1ccccc1N1CCCC1. The van der Waals surface area contributed by atoms with Gasteiger partial charge in [-0.05, 0) is 36.6 Å². The van der Waals surface area contributed by atoms with Crippen LogP contribution in [-0.4, -0.2) is 31.4 Å². The second-order valence-corrected chi connectivity index (χ2v) is 6.26. The number of nitrogens with one attached hydrogen (secondary N) is 2. The summed E-state index contributed by atoms with van der Waals surface area (Å²) in [6.07, 6.45) is 2.37. The first-order valence-corrected chi connectivity index (χ1v) is 8.77. The molecule has 5 nitrogen and oxygen atoms in total. The maximum atomic E-state index is 13.6. The highest BCUT2D eigenvalue weighted by Crippen LogP contribution is 2.24. The molecule has 1 saturated heterocycles. The maximum Gasteiger partial charge on any atom is 0.254 e. The van der Waals surface area contributed by atoms with Crippen LogP contribution in [0.15, 0.2) is 48.5 Å². The Balaban J connectivity index is 1.52. The topological polar surface area (TPSA) is 61.4 Å². The minimum absolute atomic E-state index is 0.0697. The van der Waals surface area contributed by atoms with Crippen molar-refractivity contribution in [3.05, 3.63) is 65.5 Å². The van der Waals surface area contributed by atoms with Crippen LogP contribution in [0.5, 0.6) is 0 Å². The van der Waals surface area contributed by atoms with Gasteiger partial charge in [-0.15, -0.1) is 0 Å². The number of amides is 2.